The van der Waals surface area contributed by atoms with Gasteiger partial charge in [-0.25, -0.2) is 4.98 Å². The van der Waals surface area contributed by atoms with E-state index in [1.807, 2.05) is 11.6 Å². The van der Waals surface area contributed by atoms with Gasteiger partial charge >= 0.3 is 0 Å². The summed E-state index contributed by atoms with van der Waals surface area (Å²) in [5.41, 5.74) is 2.34. The third-order valence-corrected chi connectivity index (χ3v) is 5.31. The number of thiazole rings is 1. The standard InChI is InChI=1S/C19H20N4S/c1-21-9-6-17-15-16(4-5-18(17)21)3-2-8-22-10-12-23(13-11-22)19-20-7-14-24-19/h4-7,9,14-15H,8,10-13H2,1H3. The van der Waals surface area contributed by atoms with E-state index in [0.717, 1.165) is 43.4 Å². The molecule has 0 bridgehead atoms. The molecular formula is C19H20N4S. The molecule has 0 saturated carbocycles. The lowest BCUT2D eigenvalue weighted by atomic mass is 10.1. The molecular weight excluding hydrogens is 316 g/mol. The predicted molar refractivity (Wildman–Crippen MR) is 101 cm³/mol. The maximum Gasteiger partial charge on any atom is 0.185 e. The van der Waals surface area contributed by atoms with Gasteiger partial charge in [-0.1, -0.05) is 11.8 Å². The summed E-state index contributed by atoms with van der Waals surface area (Å²) in [5, 5.41) is 4.43. The van der Waals surface area contributed by atoms with Gasteiger partial charge in [0.05, 0.1) is 6.54 Å². The molecule has 4 rings (SSSR count). The molecule has 0 N–H and O–H groups in total. The maximum absolute atomic E-state index is 4.39. The van der Waals surface area contributed by atoms with Gasteiger partial charge in [0.25, 0.3) is 0 Å². The smallest absolute Gasteiger partial charge is 0.185 e. The van der Waals surface area contributed by atoms with E-state index in [9.17, 15) is 0 Å². The molecule has 0 unspecified atom stereocenters. The minimum absolute atomic E-state index is 0.832. The van der Waals surface area contributed by atoms with Crippen molar-refractivity contribution < 1.29 is 0 Å². The predicted octanol–water partition coefficient (Wildman–Crippen LogP) is 2.81. The van der Waals surface area contributed by atoms with Gasteiger partial charge in [-0.3, -0.25) is 4.90 Å². The molecule has 0 amide bonds. The average molecular weight is 336 g/mol. The second-order valence-corrected chi connectivity index (χ2v) is 6.95. The molecule has 122 valence electrons. The first-order valence-electron chi connectivity index (χ1n) is 8.20. The van der Waals surface area contributed by atoms with Crippen LogP contribution >= 0.6 is 11.3 Å². The summed E-state index contributed by atoms with van der Waals surface area (Å²) in [7, 11) is 2.07. The van der Waals surface area contributed by atoms with E-state index in [0.29, 0.717) is 0 Å². The molecule has 0 atom stereocenters. The number of nitrogens with zero attached hydrogens (tertiary/aromatic N) is 4. The first-order chi connectivity index (χ1) is 11.8. The zero-order valence-corrected chi connectivity index (χ0v) is 14.6. The highest BCUT2D eigenvalue weighted by Crippen LogP contribution is 2.19. The maximum atomic E-state index is 4.39. The van der Waals surface area contributed by atoms with Crippen LogP contribution in [0.2, 0.25) is 0 Å². The summed E-state index contributed by atoms with van der Waals surface area (Å²) in [6.07, 6.45) is 3.96. The van der Waals surface area contributed by atoms with Crippen molar-refractivity contribution in [2.75, 3.05) is 37.6 Å². The van der Waals surface area contributed by atoms with E-state index in [1.165, 1.54) is 10.9 Å². The molecule has 0 aliphatic carbocycles. The zero-order valence-electron chi connectivity index (χ0n) is 13.8. The molecule has 3 heterocycles. The minimum Gasteiger partial charge on any atom is -0.351 e. The van der Waals surface area contributed by atoms with E-state index in [-0.39, 0.29) is 0 Å². The highest BCUT2D eigenvalue weighted by atomic mass is 32.1. The average Bonchev–Trinajstić information content (AvgIpc) is 3.26. The van der Waals surface area contributed by atoms with Crippen LogP contribution in [0.5, 0.6) is 0 Å². The van der Waals surface area contributed by atoms with Crippen molar-refractivity contribution in [3.8, 4) is 11.8 Å². The van der Waals surface area contributed by atoms with E-state index in [2.05, 4.69) is 68.7 Å². The van der Waals surface area contributed by atoms with Gasteiger partial charge in [0.2, 0.25) is 0 Å². The monoisotopic (exact) mass is 336 g/mol. The van der Waals surface area contributed by atoms with Gasteiger partial charge in [0.15, 0.2) is 5.13 Å². The summed E-state index contributed by atoms with van der Waals surface area (Å²) in [5.74, 6) is 6.64. The van der Waals surface area contributed by atoms with Crippen molar-refractivity contribution in [3.05, 3.63) is 47.6 Å². The lowest BCUT2D eigenvalue weighted by molar-refractivity contribution is 0.288. The Balaban J connectivity index is 1.35. The Hall–Kier alpha value is -2.29. The summed E-state index contributed by atoms with van der Waals surface area (Å²) in [6.45, 7) is 4.99. The van der Waals surface area contributed by atoms with Crippen molar-refractivity contribution in [2.24, 2.45) is 7.05 Å². The SMILES string of the molecule is Cn1ccc2cc(C#CCN3CCN(c4nccs4)CC3)ccc21. The Labute approximate surface area is 146 Å². The third kappa shape index (κ3) is 3.16. The number of hydrogen-bond acceptors (Lipinski definition) is 4. The highest BCUT2D eigenvalue weighted by molar-refractivity contribution is 7.13. The number of aromatic nitrogens is 2. The van der Waals surface area contributed by atoms with Gasteiger partial charge < -0.3 is 9.47 Å². The molecule has 5 heteroatoms. The molecule has 0 spiro atoms. The Morgan fingerprint density at radius 3 is 2.83 bits per heavy atom. The number of rotatable bonds is 2. The lowest BCUT2D eigenvalue weighted by Gasteiger charge is -2.33. The molecule has 1 aliphatic rings. The molecule has 1 saturated heterocycles. The topological polar surface area (TPSA) is 24.3 Å². The highest BCUT2D eigenvalue weighted by Gasteiger charge is 2.17. The molecule has 24 heavy (non-hydrogen) atoms. The van der Waals surface area contributed by atoms with Crippen molar-refractivity contribution in [3.63, 3.8) is 0 Å². The lowest BCUT2D eigenvalue weighted by Crippen LogP contribution is -2.46. The van der Waals surface area contributed by atoms with Crippen LogP contribution in [0.4, 0.5) is 5.13 Å². The van der Waals surface area contributed by atoms with Gasteiger partial charge in [-0.05, 0) is 24.3 Å². The fourth-order valence-corrected chi connectivity index (χ4v) is 3.78. The largest absolute Gasteiger partial charge is 0.351 e. The quantitative estimate of drug-likeness (QED) is 0.673. The van der Waals surface area contributed by atoms with Crippen LogP contribution in [0, 0.1) is 11.8 Å². The molecule has 1 aliphatic heterocycles. The summed E-state index contributed by atoms with van der Waals surface area (Å²) >= 11 is 1.71. The van der Waals surface area contributed by atoms with Crippen molar-refractivity contribution in [2.45, 2.75) is 0 Å². The van der Waals surface area contributed by atoms with E-state index in [1.54, 1.807) is 11.3 Å². The number of hydrogen-bond donors (Lipinski definition) is 0. The van der Waals surface area contributed by atoms with Crippen LogP contribution in [0.15, 0.2) is 42.0 Å². The fourth-order valence-electron chi connectivity index (χ4n) is 3.08. The van der Waals surface area contributed by atoms with Crippen LogP contribution in [-0.4, -0.2) is 47.2 Å². The van der Waals surface area contributed by atoms with Gasteiger partial charge in [0, 0.05) is 67.5 Å². The Bertz CT molecular complexity index is 877. The van der Waals surface area contributed by atoms with Crippen LogP contribution in [0.1, 0.15) is 5.56 Å². The van der Waals surface area contributed by atoms with E-state index < -0.39 is 0 Å². The molecule has 2 aromatic heterocycles. The van der Waals surface area contributed by atoms with Crippen molar-refractivity contribution in [1.29, 1.82) is 0 Å². The van der Waals surface area contributed by atoms with Crippen LogP contribution < -0.4 is 4.90 Å². The number of aryl methyl sites for hydroxylation is 1. The molecule has 4 nitrogen and oxygen atoms in total. The molecule has 0 radical (unpaired) electrons. The normalized spacial score (nSPS) is 15.5. The van der Waals surface area contributed by atoms with Crippen LogP contribution in [-0.2, 0) is 7.05 Å². The third-order valence-electron chi connectivity index (χ3n) is 4.48. The van der Waals surface area contributed by atoms with Gasteiger partial charge in [0.1, 0.15) is 0 Å². The summed E-state index contributed by atoms with van der Waals surface area (Å²) in [4.78, 5) is 9.16. The van der Waals surface area contributed by atoms with Crippen LogP contribution in [0.25, 0.3) is 10.9 Å². The summed E-state index contributed by atoms with van der Waals surface area (Å²) < 4.78 is 2.13. The summed E-state index contributed by atoms with van der Waals surface area (Å²) in [6, 6.07) is 8.56. The van der Waals surface area contributed by atoms with Crippen LogP contribution in [0.3, 0.4) is 0 Å². The Morgan fingerprint density at radius 2 is 2.04 bits per heavy atom. The zero-order chi connectivity index (χ0) is 16.4. The van der Waals surface area contributed by atoms with Crippen molar-refractivity contribution in [1.82, 2.24) is 14.5 Å². The second-order valence-electron chi connectivity index (χ2n) is 6.08. The first-order valence-corrected chi connectivity index (χ1v) is 9.08. The van der Waals surface area contributed by atoms with Gasteiger partial charge in [-0.2, -0.15) is 0 Å². The number of piperazine rings is 1. The van der Waals surface area contributed by atoms with E-state index >= 15 is 0 Å². The Kier molecular flexibility index (Phi) is 4.24. The number of benzene rings is 1. The molecule has 1 fully saturated rings. The van der Waals surface area contributed by atoms with E-state index in [4.69, 9.17) is 0 Å². The first kappa shape index (κ1) is 15.3. The van der Waals surface area contributed by atoms with Gasteiger partial charge in [-0.15, -0.1) is 11.3 Å². The fraction of sp³-hybridized carbons (Fsp3) is 0.316. The second kappa shape index (κ2) is 6.68. The minimum atomic E-state index is 0.832. The Morgan fingerprint density at radius 1 is 1.17 bits per heavy atom. The molecule has 3 aromatic rings. The number of anilines is 1. The molecule has 1 aromatic carbocycles. The van der Waals surface area contributed by atoms with Crippen molar-refractivity contribution >= 4 is 27.4 Å². The number of fused-ring (bicyclic) bond motifs is 1.